The maximum atomic E-state index is 12.4. The van der Waals surface area contributed by atoms with Gasteiger partial charge in [0.1, 0.15) is 18.6 Å². The molecule has 2 atom stereocenters. The Morgan fingerprint density at radius 1 is 1.40 bits per heavy atom. The summed E-state index contributed by atoms with van der Waals surface area (Å²) in [6.07, 6.45) is 0.395. The zero-order valence-corrected chi connectivity index (χ0v) is 13.4. The second kappa shape index (κ2) is 8.20. The van der Waals surface area contributed by atoms with Crippen LogP contribution in [0, 0.1) is 10.1 Å². The summed E-state index contributed by atoms with van der Waals surface area (Å²) in [5, 5.41) is 16.0. The maximum Gasteiger partial charge on any atom is 0.325 e. The molecule has 0 saturated carbocycles. The number of carbonyl (C=O) groups is 3. The number of methoxy groups -OCH3 is 1. The summed E-state index contributed by atoms with van der Waals surface area (Å²) in [7, 11) is 1.19. The van der Waals surface area contributed by atoms with Gasteiger partial charge in [0, 0.05) is 18.6 Å². The van der Waals surface area contributed by atoms with E-state index in [1.807, 2.05) is 0 Å². The number of nitro groups is 1. The molecule has 2 rings (SSSR count). The van der Waals surface area contributed by atoms with Crippen molar-refractivity contribution in [2.75, 3.05) is 20.3 Å². The molecule has 10 nitrogen and oxygen atoms in total. The van der Waals surface area contributed by atoms with Crippen molar-refractivity contribution < 1.29 is 28.8 Å². The Morgan fingerprint density at radius 3 is 2.60 bits per heavy atom. The van der Waals surface area contributed by atoms with Gasteiger partial charge in [0.25, 0.3) is 5.69 Å². The summed E-state index contributed by atoms with van der Waals surface area (Å²) in [6.45, 7) is -0.0944. The molecule has 2 N–H and O–H groups in total. The van der Waals surface area contributed by atoms with E-state index in [2.05, 4.69) is 15.4 Å². The molecule has 0 aromatic heterocycles. The van der Waals surface area contributed by atoms with Gasteiger partial charge in [-0.3, -0.25) is 29.8 Å². The van der Waals surface area contributed by atoms with Crippen LogP contribution in [0.25, 0.3) is 0 Å². The van der Waals surface area contributed by atoms with Crippen LogP contribution in [0.2, 0.25) is 0 Å². The minimum absolute atomic E-state index is 0.127. The number of rotatable bonds is 7. The summed E-state index contributed by atoms with van der Waals surface area (Å²) in [4.78, 5) is 45.4. The van der Waals surface area contributed by atoms with E-state index in [1.165, 1.54) is 31.4 Å². The van der Waals surface area contributed by atoms with E-state index < -0.39 is 34.9 Å². The Kier molecular flexibility index (Phi) is 6.01. The third-order valence-corrected chi connectivity index (χ3v) is 3.64. The third kappa shape index (κ3) is 4.73. The number of nitrogens with zero attached hydrogens (tertiary/aromatic N) is 1. The minimum atomic E-state index is -0.985. The number of nitrogens with one attached hydrogen (secondary N) is 2. The van der Waals surface area contributed by atoms with Crippen LogP contribution in [-0.4, -0.2) is 49.1 Å². The van der Waals surface area contributed by atoms with Gasteiger partial charge in [0.15, 0.2) is 0 Å². The van der Waals surface area contributed by atoms with E-state index in [9.17, 15) is 24.5 Å². The van der Waals surface area contributed by atoms with Crippen molar-refractivity contribution in [1.82, 2.24) is 10.6 Å². The normalized spacial score (nSPS) is 17.5. The van der Waals surface area contributed by atoms with Crippen molar-refractivity contribution in [1.29, 1.82) is 0 Å². The topological polar surface area (TPSA) is 137 Å². The molecular weight excluding hydrogens is 334 g/mol. The molecule has 1 aliphatic rings. The monoisotopic (exact) mass is 351 g/mol. The quantitative estimate of drug-likeness (QED) is 0.392. The molecule has 1 saturated heterocycles. The first-order valence-corrected chi connectivity index (χ1v) is 7.44. The molecule has 0 bridgehead atoms. The number of carbonyl (C=O) groups excluding carboxylic acids is 3. The first kappa shape index (κ1) is 18.3. The fourth-order valence-electron chi connectivity index (χ4n) is 2.29. The van der Waals surface area contributed by atoms with Gasteiger partial charge in [-0.15, -0.1) is 0 Å². The first-order valence-electron chi connectivity index (χ1n) is 7.44. The number of ether oxygens (including phenoxy) is 2. The molecular formula is C15H17N3O7. The van der Waals surface area contributed by atoms with E-state index >= 15 is 0 Å². The highest BCUT2D eigenvalue weighted by Gasteiger charge is 2.32. The molecule has 0 aliphatic carbocycles. The molecule has 1 heterocycles. The molecule has 1 fully saturated rings. The molecule has 0 unspecified atom stereocenters. The van der Waals surface area contributed by atoms with Gasteiger partial charge in [-0.05, 0) is 5.56 Å². The van der Waals surface area contributed by atoms with E-state index in [-0.39, 0.29) is 18.8 Å². The maximum absolute atomic E-state index is 12.4. The lowest BCUT2D eigenvalue weighted by Gasteiger charge is -2.20. The molecule has 134 valence electrons. The number of cyclic esters (lactones) is 1. The minimum Gasteiger partial charge on any atom is -0.468 e. The van der Waals surface area contributed by atoms with Crippen LogP contribution in [0.3, 0.4) is 0 Å². The van der Waals surface area contributed by atoms with Crippen LogP contribution in [0.4, 0.5) is 5.69 Å². The number of hydrogen-bond donors (Lipinski definition) is 2. The van der Waals surface area contributed by atoms with Gasteiger partial charge in [0.05, 0.1) is 18.6 Å². The molecule has 0 radical (unpaired) electrons. The predicted molar refractivity (Wildman–Crippen MR) is 83.4 cm³/mol. The highest BCUT2D eigenvalue weighted by atomic mass is 16.6. The van der Waals surface area contributed by atoms with E-state index in [0.29, 0.717) is 12.0 Å². The highest BCUT2D eigenvalue weighted by molar-refractivity contribution is 5.87. The zero-order valence-electron chi connectivity index (χ0n) is 13.4. The lowest BCUT2D eigenvalue weighted by atomic mass is 10.0. The van der Waals surface area contributed by atoms with Crippen LogP contribution in [-0.2, 0) is 23.9 Å². The molecule has 1 aromatic rings. The average Bonchev–Trinajstić information content (AvgIpc) is 3.02. The fourth-order valence-corrected chi connectivity index (χ4v) is 2.29. The number of non-ortho nitro benzene ring substituents is 1. The van der Waals surface area contributed by atoms with Crippen molar-refractivity contribution in [2.45, 2.75) is 18.5 Å². The predicted octanol–water partition coefficient (Wildman–Crippen LogP) is -0.170. The Hall–Kier alpha value is -3.01. The molecule has 1 aromatic carbocycles. The second-order valence-electron chi connectivity index (χ2n) is 5.25. The Balaban J connectivity index is 2.18. The van der Waals surface area contributed by atoms with E-state index in [4.69, 9.17) is 4.74 Å². The van der Waals surface area contributed by atoms with Crippen molar-refractivity contribution in [2.24, 2.45) is 0 Å². The molecule has 1 amide bonds. The largest absolute Gasteiger partial charge is 0.468 e. The summed E-state index contributed by atoms with van der Waals surface area (Å²) in [5.74, 6) is -1.68. The van der Waals surface area contributed by atoms with Crippen molar-refractivity contribution in [3.63, 3.8) is 0 Å². The molecule has 0 spiro atoms. The highest BCUT2D eigenvalue weighted by Crippen LogP contribution is 2.20. The van der Waals surface area contributed by atoms with Gasteiger partial charge in [-0.2, -0.15) is 0 Å². The van der Waals surface area contributed by atoms with E-state index in [0.717, 1.165) is 0 Å². The van der Waals surface area contributed by atoms with Crippen LogP contribution in [0.15, 0.2) is 24.3 Å². The standard InChI is InChI=1S/C15H17N3O7/c1-24-12(19)8-16-14(20)13(17-11-6-7-25-15(11)21)9-2-4-10(5-3-9)18(22)23/h2-5,11,13,17H,6-8H2,1H3,(H,16,20)/t11-,13+/m0/s1. The molecule has 25 heavy (non-hydrogen) atoms. The SMILES string of the molecule is COC(=O)CNC(=O)[C@H](N[C@H]1CCOC1=O)c1ccc([N+](=O)[O-])cc1. The summed E-state index contributed by atoms with van der Waals surface area (Å²) >= 11 is 0. The Morgan fingerprint density at radius 2 is 2.08 bits per heavy atom. The average molecular weight is 351 g/mol. The smallest absolute Gasteiger partial charge is 0.325 e. The van der Waals surface area contributed by atoms with Crippen LogP contribution < -0.4 is 10.6 Å². The van der Waals surface area contributed by atoms with Crippen LogP contribution in [0.1, 0.15) is 18.0 Å². The van der Waals surface area contributed by atoms with Crippen molar-refractivity contribution >= 4 is 23.5 Å². The van der Waals surface area contributed by atoms with Crippen LogP contribution >= 0.6 is 0 Å². The van der Waals surface area contributed by atoms with Gasteiger partial charge >= 0.3 is 11.9 Å². The van der Waals surface area contributed by atoms with Gasteiger partial charge in [-0.25, -0.2) is 0 Å². The van der Waals surface area contributed by atoms with E-state index in [1.54, 1.807) is 0 Å². The fraction of sp³-hybridized carbons (Fsp3) is 0.400. The lowest BCUT2D eigenvalue weighted by molar-refractivity contribution is -0.384. The number of esters is 2. The van der Waals surface area contributed by atoms with Crippen molar-refractivity contribution in [3.8, 4) is 0 Å². The number of amides is 1. The van der Waals surface area contributed by atoms with Gasteiger partial charge < -0.3 is 14.8 Å². The molecule has 10 heteroatoms. The number of hydrogen-bond acceptors (Lipinski definition) is 8. The van der Waals surface area contributed by atoms with Crippen molar-refractivity contribution in [3.05, 3.63) is 39.9 Å². The summed E-state index contributed by atoms with van der Waals surface area (Å²) in [5.41, 5.74) is 0.283. The summed E-state index contributed by atoms with van der Waals surface area (Å²) in [6, 6.07) is 3.67. The van der Waals surface area contributed by atoms with Gasteiger partial charge in [-0.1, -0.05) is 12.1 Å². The second-order valence-corrected chi connectivity index (χ2v) is 5.25. The number of benzene rings is 1. The number of nitro benzene ring substituents is 1. The van der Waals surface area contributed by atoms with Crippen LogP contribution in [0.5, 0.6) is 0 Å². The van der Waals surface area contributed by atoms with Gasteiger partial charge in [0.2, 0.25) is 5.91 Å². The third-order valence-electron chi connectivity index (χ3n) is 3.64. The molecule has 1 aliphatic heterocycles. The lowest BCUT2D eigenvalue weighted by Crippen LogP contribution is -2.45. The summed E-state index contributed by atoms with van der Waals surface area (Å²) < 4.78 is 9.31. The Bertz CT molecular complexity index is 674. The Labute approximate surface area is 142 Å². The first-order chi connectivity index (χ1) is 11.9. The zero-order chi connectivity index (χ0) is 18.4.